The molecule has 0 aromatic carbocycles. The van der Waals surface area contributed by atoms with Crippen LogP contribution in [-0.2, 0) is 0 Å². The Morgan fingerprint density at radius 2 is 2.35 bits per heavy atom. The molecule has 92 valence electrons. The Morgan fingerprint density at radius 1 is 1.65 bits per heavy atom. The van der Waals surface area contributed by atoms with Gasteiger partial charge in [0.1, 0.15) is 9.07 Å². The average Bonchev–Trinajstić information content (AvgIpc) is 2.74. The zero-order valence-electron chi connectivity index (χ0n) is 9.91. The van der Waals surface area contributed by atoms with Crippen LogP contribution in [0.1, 0.15) is 19.6 Å². The molecule has 1 fully saturated rings. The SMILES string of the molecule is CN1C(=S)SC(C)(C)C1/[N+]([O-])=C/c1ccco1. The fourth-order valence-electron chi connectivity index (χ4n) is 1.95. The predicted molar refractivity (Wildman–Crippen MR) is 73.3 cm³/mol. The Bertz CT molecular complexity index is 454. The van der Waals surface area contributed by atoms with Crippen LogP contribution in [0.3, 0.4) is 0 Å². The second kappa shape index (κ2) is 4.34. The minimum absolute atomic E-state index is 0.239. The van der Waals surface area contributed by atoms with Gasteiger partial charge in [0.05, 0.1) is 6.26 Å². The van der Waals surface area contributed by atoms with Gasteiger partial charge in [0.25, 0.3) is 6.17 Å². The molecule has 1 aromatic rings. The van der Waals surface area contributed by atoms with E-state index in [1.165, 1.54) is 6.21 Å². The predicted octanol–water partition coefficient (Wildman–Crippen LogP) is 2.28. The lowest BCUT2D eigenvalue weighted by molar-refractivity contribution is -0.522. The van der Waals surface area contributed by atoms with E-state index in [1.807, 2.05) is 25.8 Å². The molecular formula is C11H14N2O2S2. The molecule has 0 amide bonds. The fourth-order valence-corrected chi connectivity index (χ4v) is 3.76. The summed E-state index contributed by atoms with van der Waals surface area (Å²) in [4.78, 5) is 1.83. The van der Waals surface area contributed by atoms with Gasteiger partial charge < -0.3 is 14.5 Å². The molecule has 0 radical (unpaired) electrons. The molecule has 1 unspecified atom stereocenters. The van der Waals surface area contributed by atoms with E-state index in [4.69, 9.17) is 16.6 Å². The van der Waals surface area contributed by atoms with Crippen molar-refractivity contribution in [1.82, 2.24) is 4.90 Å². The number of hydroxylamine groups is 1. The third-order valence-corrected chi connectivity index (χ3v) is 4.40. The summed E-state index contributed by atoms with van der Waals surface area (Å²) < 4.78 is 6.55. The lowest BCUT2D eigenvalue weighted by Crippen LogP contribution is -2.46. The lowest BCUT2D eigenvalue weighted by Gasteiger charge is -2.26. The first-order valence-electron chi connectivity index (χ1n) is 5.21. The average molecular weight is 270 g/mol. The minimum Gasteiger partial charge on any atom is -0.622 e. The summed E-state index contributed by atoms with van der Waals surface area (Å²) in [6.07, 6.45) is 2.69. The van der Waals surface area contributed by atoms with Crippen LogP contribution in [-0.4, -0.2) is 38.1 Å². The van der Waals surface area contributed by atoms with E-state index in [0.29, 0.717) is 5.76 Å². The normalized spacial score (nSPS) is 24.4. The Morgan fingerprint density at radius 3 is 2.82 bits per heavy atom. The van der Waals surface area contributed by atoms with Crippen molar-refractivity contribution in [3.05, 3.63) is 29.4 Å². The van der Waals surface area contributed by atoms with E-state index in [-0.39, 0.29) is 10.9 Å². The van der Waals surface area contributed by atoms with E-state index < -0.39 is 0 Å². The van der Waals surface area contributed by atoms with E-state index in [0.717, 1.165) is 9.06 Å². The quantitative estimate of drug-likeness (QED) is 0.271. The van der Waals surface area contributed by atoms with Gasteiger partial charge in [-0.15, -0.1) is 0 Å². The highest BCUT2D eigenvalue weighted by atomic mass is 32.2. The van der Waals surface area contributed by atoms with Crippen molar-refractivity contribution >= 4 is 34.5 Å². The highest BCUT2D eigenvalue weighted by molar-refractivity contribution is 8.24. The first-order chi connectivity index (χ1) is 7.92. The Labute approximate surface area is 110 Å². The second-order valence-corrected chi connectivity index (χ2v) is 6.75. The van der Waals surface area contributed by atoms with Crippen molar-refractivity contribution in [2.45, 2.75) is 24.8 Å². The van der Waals surface area contributed by atoms with Gasteiger partial charge in [-0.05, 0) is 26.0 Å². The number of hydrogen-bond acceptors (Lipinski definition) is 4. The van der Waals surface area contributed by atoms with E-state index >= 15 is 0 Å². The van der Waals surface area contributed by atoms with Gasteiger partial charge in [0.15, 0.2) is 5.76 Å². The highest BCUT2D eigenvalue weighted by Gasteiger charge is 2.48. The molecule has 17 heavy (non-hydrogen) atoms. The largest absolute Gasteiger partial charge is 0.622 e. The zero-order chi connectivity index (χ0) is 12.6. The molecule has 6 heteroatoms. The summed E-state index contributed by atoms with van der Waals surface area (Å²) in [7, 11) is 1.84. The number of thiocarbonyl (C=S) groups is 1. The van der Waals surface area contributed by atoms with Crippen LogP contribution in [0.4, 0.5) is 0 Å². The van der Waals surface area contributed by atoms with Gasteiger partial charge in [-0.3, -0.25) is 0 Å². The van der Waals surface area contributed by atoms with Crippen molar-refractivity contribution in [2.24, 2.45) is 0 Å². The molecule has 2 rings (SSSR count). The van der Waals surface area contributed by atoms with Crippen LogP contribution in [0.5, 0.6) is 0 Å². The molecule has 0 saturated carbocycles. The zero-order valence-corrected chi connectivity index (χ0v) is 11.5. The van der Waals surface area contributed by atoms with Crippen molar-refractivity contribution in [3.63, 3.8) is 0 Å². The second-order valence-electron chi connectivity index (χ2n) is 4.46. The molecular weight excluding hydrogens is 256 g/mol. The van der Waals surface area contributed by atoms with Crippen LogP contribution >= 0.6 is 24.0 Å². The third kappa shape index (κ3) is 2.32. The maximum Gasteiger partial charge on any atom is 0.254 e. The summed E-state index contributed by atoms with van der Waals surface area (Å²) in [5, 5.41) is 12.2. The topological polar surface area (TPSA) is 42.5 Å². The van der Waals surface area contributed by atoms with Gasteiger partial charge >= 0.3 is 0 Å². The highest BCUT2D eigenvalue weighted by Crippen LogP contribution is 2.40. The van der Waals surface area contributed by atoms with Gasteiger partial charge in [0, 0.05) is 7.05 Å². The number of hydrogen-bond donors (Lipinski definition) is 0. The summed E-state index contributed by atoms with van der Waals surface area (Å²) >= 11 is 6.77. The molecule has 1 atom stereocenters. The minimum atomic E-state index is -0.315. The third-order valence-electron chi connectivity index (χ3n) is 2.67. The van der Waals surface area contributed by atoms with Crippen LogP contribution in [0, 0.1) is 5.21 Å². The number of rotatable bonds is 2. The summed E-state index contributed by atoms with van der Waals surface area (Å²) in [5.41, 5.74) is 0. The smallest absolute Gasteiger partial charge is 0.254 e. The molecule has 1 aliphatic heterocycles. The summed E-state index contributed by atoms with van der Waals surface area (Å²) in [5.74, 6) is 0.548. The van der Waals surface area contributed by atoms with Crippen LogP contribution < -0.4 is 0 Å². The molecule has 0 bridgehead atoms. The van der Waals surface area contributed by atoms with Crippen LogP contribution in [0.25, 0.3) is 0 Å². The first-order valence-corrected chi connectivity index (χ1v) is 6.44. The number of thioether (sulfide) groups is 1. The van der Waals surface area contributed by atoms with E-state index in [2.05, 4.69) is 0 Å². The molecule has 1 aromatic heterocycles. The Balaban J connectivity index is 2.30. The maximum atomic E-state index is 12.2. The van der Waals surface area contributed by atoms with Crippen LogP contribution in [0.15, 0.2) is 22.8 Å². The molecule has 0 N–H and O–H groups in total. The summed E-state index contributed by atoms with van der Waals surface area (Å²) in [6, 6.07) is 3.50. The van der Waals surface area contributed by atoms with Crippen molar-refractivity contribution in [1.29, 1.82) is 0 Å². The van der Waals surface area contributed by atoms with Crippen molar-refractivity contribution in [2.75, 3.05) is 7.05 Å². The number of nitrogens with zero attached hydrogens (tertiary/aromatic N) is 2. The fraction of sp³-hybridized carbons (Fsp3) is 0.455. The van der Waals surface area contributed by atoms with E-state index in [9.17, 15) is 5.21 Å². The maximum absolute atomic E-state index is 12.2. The van der Waals surface area contributed by atoms with Gasteiger partial charge in [-0.2, -0.15) is 4.74 Å². The van der Waals surface area contributed by atoms with E-state index in [1.54, 1.807) is 30.2 Å². The molecule has 0 aliphatic carbocycles. The van der Waals surface area contributed by atoms with Crippen LogP contribution in [0.2, 0.25) is 0 Å². The van der Waals surface area contributed by atoms with Gasteiger partial charge in [0.2, 0.25) is 6.21 Å². The molecule has 1 aliphatic rings. The molecule has 1 saturated heterocycles. The standard InChI is InChI=1S/C11H14N2O2S2/c1-11(2)9(12(3)10(16)17-11)13(14)7-8-5-4-6-15-8/h4-7,9H,1-3H3/b13-7-. The van der Waals surface area contributed by atoms with Crippen molar-refractivity contribution < 1.29 is 9.16 Å². The number of furan rings is 1. The lowest BCUT2D eigenvalue weighted by atomic mass is 10.1. The first kappa shape index (κ1) is 12.4. The van der Waals surface area contributed by atoms with Crippen molar-refractivity contribution in [3.8, 4) is 0 Å². The summed E-state index contributed by atoms with van der Waals surface area (Å²) in [6.45, 7) is 4.03. The molecule has 4 nitrogen and oxygen atoms in total. The monoisotopic (exact) mass is 270 g/mol. The molecule has 2 heterocycles. The van der Waals surface area contributed by atoms with Gasteiger partial charge in [-0.1, -0.05) is 24.0 Å². The van der Waals surface area contributed by atoms with Gasteiger partial charge in [-0.25, -0.2) is 0 Å². The Kier molecular flexibility index (Phi) is 3.18. The Hall–Kier alpha value is -1.01. The molecule has 0 spiro atoms.